The van der Waals surface area contributed by atoms with Gasteiger partial charge in [-0.15, -0.1) is 10.2 Å². The minimum atomic E-state index is -0.481. The minimum absolute atomic E-state index is 0.0294. The normalized spacial score (nSPS) is 13.0. The van der Waals surface area contributed by atoms with Gasteiger partial charge >= 0.3 is 0 Å². The molecule has 0 fully saturated rings. The third-order valence-electron chi connectivity index (χ3n) is 4.61. The number of anilines is 1. The Balaban J connectivity index is 1.26. The summed E-state index contributed by atoms with van der Waals surface area (Å²) >= 11 is 1.08. The van der Waals surface area contributed by atoms with E-state index in [2.05, 4.69) is 27.6 Å². The summed E-state index contributed by atoms with van der Waals surface area (Å²) in [5.74, 6) is 0.305. The number of nitrogens with zero attached hydrogens (tertiary/aromatic N) is 2. The molecular formula is C21H20FN3O3S. The molecule has 0 saturated heterocycles. The Kier molecular flexibility index (Phi) is 6.09. The highest BCUT2D eigenvalue weighted by molar-refractivity contribution is 7.99. The number of nitrogens with one attached hydrogen (secondary N) is 1. The predicted octanol–water partition coefficient (Wildman–Crippen LogP) is 4.40. The molecule has 1 aliphatic carbocycles. The van der Waals surface area contributed by atoms with Crippen LogP contribution in [-0.4, -0.2) is 21.9 Å². The van der Waals surface area contributed by atoms with Gasteiger partial charge in [0.1, 0.15) is 11.6 Å². The largest absolute Gasteiger partial charge is 0.484 e. The van der Waals surface area contributed by atoms with E-state index in [9.17, 15) is 9.18 Å². The van der Waals surface area contributed by atoms with Crippen LogP contribution in [0.5, 0.6) is 5.75 Å². The van der Waals surface area contributed by atoms with E-state index in [1.165, 1.54) is 36.1 Å². The van der Waals surface area contributed by atoms with Crippen molar-refractivity contribution in [3.8, 4) is 5.75 Å². The number of thioether (sulfide) groups is 1. The quantitative estimate of drug-likeness (QED) is 0.579. The average Bonchev–Trinajstić information content (AvgIpc) is 3.20. The van der Waals surface area contributed by atoms with Crippen LogP contribution in [0.4, 0.5) is 10.1 Å². The maximum Gasteiger partial charge on any atom is 0.277 e. The molecule has 1 N–H and O–H groups in total. The van der Waals surface area contributed by atoms with E-state index in [1.807, 2.05) is 6.07 Å². The number of carbonyl (C=O) groups excluding carboxylic acids is 1. The summed E-state index contributed by atoms with van der Waals surface area (Å²) in [7, 11) is 0. The van der Waals surface area contributed by atoms with E-state index >= 15 is 0 Å². The van der Waals surface area contributed by atoms with Crippen LogP contribution in [0, 0.1) is 5.82 Å². The second kappa shape index (κ2) is 9.09. The fourth-order valence-electron chi connectivity index (χ4n) is 3.18. The van der Waals surface area contributed by atoms with Gasteiger partial charge in [-0.2, -0.15) is 0 Å². The average molecular weight is 413 g/mol. The van der Waals surface area contributed by atoms with Crippen molar-refractivity contribution >= 4 is 23.4 Å². The van der Waals surface area contributed by atoms with Crippen LogP contribution in [0.1, 0.15) is 29.9 Å². The van der Waals surface area contributed by atoms with E-state index in [-0.39, 0.29) is 29.2 Å². The van der Waals surface area contributed by atoms with Gasteiger partial charge < -0.3 is 14.5 Å². The highest BCUT2D eigenvalue weighted by atomic mass is 32.2. The Morgan fingerprint density at radius 1 is 1.14 bits per heavy atom. The van der Waals surface area contributed by atoms with E-state index < -0.39 is 5.82 Å². The molecule has 0 spiro atoms. The van der Waals surface area contributed by atoms with Crippen LogP contribution >= 0.6 is 11.8 Å². The van der Waals surface area contributed by atoms with Crippen molar-refractivity contribution < 1.29 is 18.3 Å². The lowest BCUT2D eigenvalue weighted by molar-refractivity contribution is -0.113. The first-order chi connectivity index (χ1) is 14.2. The molecular weight excluding hydrogens is 393 g/mol. The van der Waals surface area contributed by atoms with Gasteiger partial charge in [-0.3, -0.25) is 4.79 Å². The Labute approximate surface area is 171 Å². The monoisotopic (exact) mass is 413 g/mol. The van der Waals surface area contributed by atoms with Gasteiger partial charge in [-0.25, -0.2) is 4.39 Å². The first-order valence-corrected chi connectivity index (χ1v) is 10.4. The van der Waals surface area contributed by atoms with Crippen molar-refractivity contribution in [2.24, 2.45) is 0 Å². The second-order valence-corrected chi connectivity index (χ2v) is 7.63. The zero-order valence-corrected chi connectivity index (χ0v) is 16.5. The molecule has 29 heavy (non-hydrogen) atoms. The number of rotatable bonds is 7. The SMILES string of the molecule is O=C(CSc1nnc(COc2ccc3c(c2)CCCC3)o1)Nc1ccccc1F. The summed E-state index contributed by atoms with van der Waals surface area (Å²) < 4.78 is 24.8. The number of aryl methyl sites for hydroxylation is 2. The number of para-hydroxylation sites is 1. The summed E-state index contributed by atoms with van der Waals surface area (Å²) in [5, 5.41) is 10.6. The number of aromatic nitrogens is 2. The number of fused-ring (bicyclic) bond motifs is 1. The van der Waals surface area contributed by atoms with Gasteiger partial charge in [0, 0.05) is 0 Å². The Morgan fingerprint density at radius 3 is 2.83 bits per heavy atom. The molecule has 1 aliphatic rings. The lowest BCUT2D eigenvalue weighted by Gasteiger charge is -2.16. The first-order valence-electron chi connectivity index (χ1n) is 9.41. The highest BCUT2D eigenvalue weighted by Crippen LogP contribution is 2.26. The zero-order valence-electron chi connectivity index (χ0n) is 15.7. The van der Waals surface area contributed by atoms with Gasteiger partial charge in [-0.1, -0.05) is 30.0 Å². The maximum absolute atomic E-state index is 13.6. The van der Waals surface area contributed by atoms with Gasteiger partial charge in [0.05, 0.1) is 11.4 Å². The number of halogens is 1. The number of hydrogen-bond donors (Lipinski definition) is 1. The summed E-state index contributed by atoms with van der Waals surface area (Å²) in [6.07, 6.45) is 4.67. The van der Waals surface area contributed by atoms with Crippen LogP contribution < -0.4 is 10.1 Å². The van der Waals surface area contributed by atoms with Crippen molar-refractivity contribution in [3.05, 3.63) is 65.3 Å². The van der Waals surface area contributed by atoms with Crippen molar-refractivity contribution in [3.63, 3.8) is 0 Å². The summed E-state index contributed by atoms with van der Waals surface area (Å²) in [6, 6.07) is 12.2. The molecule has 2 aromatic carbocycles. The molecule has 1 amide bonds. The Bertz CT molecular complexity index is 1010. The molecule has 0 unspecified atom stereocenters. The van der Waals surface area contributed by atoms with Gasteiger partial charge in [0.25, 0.3) is 11.1 Å². The van der Waals surface area contributed by atoms with Crippen LogP contribution in [-0.2, 0) is 24.2 Å². The summed E-state index contributed by atoms with van der Waals surface area (Å²) in [5.41, 5.74) is 2.88. The van der Waals surface area contributed by atoms with Gasteiger partial charge in [0.2, 0.25) is 5.91 Å². The molecule has 1 heterocycles. The van der Waals surface area contributed by atoms with Crippen LogP contribution in [0.25, 0.3) is 0 Å². The number of ether oxygens (including phenoxy) is 1. The predicted molar refractivity (Wildman–Crippen MR) is 107 cm³/mol. The second-order valence-electron chi connectivity index (χ2n) is 6.70. The molecule has 4 rings (SSSR count). The number of hydrogen-bond acceptors (Lipinski definition) is 6. The molecule has 3 aromatic rings. The van der Waals surface area contributed by atoms with E-state index in [1.54, 1.807) is 12.1 Å². The first kappa shape index (κ1) is 19.4. The van der Waals surface area contributed by atoms with Crippen molar-refractivity contribution in [1.29, 1.82) is 0 Å². The molecule has 0 bridgehead atoms. The minimum Gasteiger partial charge on any atom is -0.484 e. The van der Waals surface area contributed by atoms with Gasteiger partial charge in [-0.05, 0) is 61.1 Å². The standard InChI is InChI=1S/C21H20FN3O3S/c22-17-7-3-4-8-18(17)23-19(26)13-29-21-25-24-20(28-21)12-27-16-10-9-14-5-1-2-6-15(14)11-16/h3-4,7-11H,1-2,5-6,12-13H2,(H,23,26). The van der Waals surface area contributed by atoms with E-state index in [0.29, 0.717) is 5.89 Å². The highest BCUT2D eigenvalue weighted by Gasteiger charge is 2.13. The Morgan fingerprint density at radius 2 is 1.97 bits per heavy atom. The third kappa shape index (κ3) is 5.14. The number of benzene rings is 2. The fraction of sp³-hybridized carbons (Fsp3) is 0.286. The molecule has 1 aromatic heterocycles. The van der Waals surface area contributed by atoms with Gasteiger partial charge in [0.15, 0.2) is 6.61 Å². The van der Waals surface area contributed by atoms with E-state index in [0.717, 1.165) is 30.4 Å². The number of carbonyl (C=O) groups is 1. The molecule has 0 aliphatic heterocycles. The molecule has 0 radical (unpaired) electrons. The van der Waals surface area contributed by atoms with Crippen LogP contribution in [0.3, 0.4) is 0 Å². The molecule has 0 atom stereocenters. The lowest BCUT2D eigenvalue weighted by Crippen LogP contribution is -2.14. The fourth-order valence-corrected chi connectivity index (χ4v) is 3.76. The Hall–Kier alpha value is -2.87. The van der Waals surface area contributed by atoms with Crippen molar-refractivity contribution in [2.45, 2.75) is 37.5 Å². The lowest BCUT2D eigenvalue weighted by atomic mass is 9.92. The summed E-state index contributed by atoms with van der Waals surface area (Å²) in [4.78, 5) is 12.0. The van der Waals surface area contributed by atoms with Crippen LogP contribution in [0.2, 0.25) is 0 Å². The molecule has 6 nitrogen and oxygen atoms in total. The molecule has 0 saturated carbocycles. The van der Waals surface area contributed by atoms with E-state index in [4.69, 9.17) is 9.15 Å². The summed E-state index contributed by atoms with van der Waals surface area (Å²) in [6.45, 7) is 0.160. The third-order valence-corrected chi connectivity index (χ3v) is 5.42. The molecule has 8 heteroatoms. The van der Waals surface area contributed by atoms with Crippen molar-refractivity contribution in [1.82, 2.24) is 10.2 Å². The van der Waals surface area contributed by atoms with Crippen molar-refractivity contribution in [2.75, 3.05) is 11.1 Å². The molecule has 150 valence electrons. The smallest absolute Gasteiger partial charge is 0.277 e. The number of amides is 1. The van der Waals surface area contributed by atoms with Crippen LogP contribution in [0.15, 0.2) is 52.1 Å². The topological polar surface area (TPSA) is 77.2 Å². The maximum atomic E-state index is 13.6. The zero-order chi connectivity index (χ0) is 20.1.